The number of aromatic nitrogens is 2. The van der Waals surface area contributed by atoms with E-state index in [9.17, 15) is 9.59 Å². The van der Waals surface area contributed by atoms with E-state index in [1.165, 1.54) is 0 Å². The molecule has 9 heteroatoms. The van der Waals surface area contributed by atoms with Crippen molar-refractivity contribution in [2.75, 3.05) is 5.32 Å². The van der Waals surface area contributed by atoms with Crippen molar-refractivity contribution in [3.63, 3.8) is 0 Å². The molecule has 0 aliphatic heterocycles. The lowest BCUT2D eigenvalue weighted by molar-refractivity contribution is -0.137. The Morgan fingerprint density at radius 2 is 2.11 bits per heavy atom. The van der Waals surface area contributed by atoms with Crippen LogP contribution in [0.3, 0.4) is 0 Å². The van der Waals surface area contributed by atoms with Crippen LogP contribution < -0.4 is 10.6 Å². The number of carbonyl (C=O) groups excluding carboxylic acids is 1. The SMILES string of the molecule is CC(C)(CCC(=O)O)NC(=O)Nc1cc(Cl)ccc1-c1nc(C2CC2)no1. The summed E-state index contributed by atoms with van der Waals surface area (Å²) < 4.78 is 5.34. The van der Waals surface area contributed by atoms with Crippen LogP contribution in [0.1, 0.15) is 51.3 Å². The van der Waals surface area contributed by atoms with Crippen molar-refractivity contribution < 1.29 is 19.2 Å². The van der Waals surface area contributed by atoms with Gasteiger partial charge in [-0.3, -0.25) is 4.79 Å². The van der Waals surface area contributed by atoms with Gasteiger partial charge in [-0.15, -0.1) is 0 Å². The Morgan fingerprint density at radius 3 is 2.78 bits per heavy atom. The fourth-order valence-electron chi connectivity index (χ4n) is 2.60. The molecular formula is C18H21ClN4O4. The molecule has 1 saturated carbocycles. The summed E-state index contributed by atoms with van der Waals surface area (Å²) in [6.45, 7) is 3.52. The third-order valence-corrected chi connectivity index (χ3v) is 4.50. The Bertz CT molecular complexity index is 861. The Kier molecular flexibility index (Phi) is 5.36. The zero-order valence-electron chi connectivity index (χ0n) is 15.1. The molecule has 27 heavy (non-hydrogen) atoms. The van der Waals surface area contributed by atoms with Crippen LogP contribution in [-0.4, -0.2) is 32.8 Å². The molecule has 0 bridgehead atoms. The minimum absolute atomic E-state index is 0.0401. The number of rotatable bonds is 7. The topological polar surface area (TPSA) is 117 Å². The highest BCUT2D eigenvalue weighted by molar-refractivity contribution is 6.31. The molecule has 1 fully saturated rings. The number of hydrogen-bond acceptors (Lipinski definition) is 5. The van der Waals surface area contributed by atoms with Crippen LogP contribution in [0, 0.1) is 0 Å². The summed E-state index contributed by atoms with van der Waals surface area (Å²) in [6, 6.07) is 4.51. The van der Waals surface area contributed by atoms with Crippen molar-refractivity contribution in [1.29, 1.82) is 0 Å². The summed E-state index contributed by atoms with van der Waals surface area (Å²) in [7, 11) is 0. The molecule has 1 heterocycles. The van der Waals surface area contributed by atoms with Gasteiger partial charge in [-0.2, -0.15) is 4.98 Å². The Morgan fingerprint density at radius 1 is 1.37 bits per heavy atom. The number of carboxylic acid groups (broad SMARTS) is 1. The number of carbonyl (C=O) groups is 2. The van der Waals surface area contributed by atoms with E-state index in [1.54, 1.807) is 32.0 Å². The average Bonchev–Trinajstić information content (AvgIpc) is 3.31. The highest BCUT2D eigenvalue weighted by Gasteiger charge is 2.29. The second kappa shape index (κ2) is 7.56. The molecule has 2 amide bonds. The maximum atomic E-state index is 12.4. The first-order valence-electron chi connectivity index (χ1n) is 8.68. The molecule has 0 radical (unpaired) electrons. The van der Waals surface area contributed by atoms with Crippen LogP contribution in [0.2, 0.25) is 5.02 Å². The van der Waals surface area contributed by atoms with Gasteiger partial charge in [0.1, 0.15) is 0 Å². The first-order valence-corrected chi connectivity index (χ1v) is 9.06. The minimum Gasteiger partial charge on any atom is -0.481 e. The van der Waals surface area contributed by atoms with Crippen LogP contribution in [0.25, 0.3) is 11.5 Å². The lowest BCUT2D eigenvalue weighted by atomic mass is 9.99. The molecule has 0 saturated heterocycles. The van der Waals surface area contributed by atoms with Crippen LogP contribution in [0.15, 0.2) is 22.7 Å². The molecule has 8 nitrogen and oxygen atoms in total. The Hall–Kier alpha value is -2.61. The average molecular weight is 393 g/mol. The fraction of sp³-hybridized carbons (Fsp3) is 0.444. The Labute approximate surface area is 161 Å². The molecule has 2 aromatic rings. The maximum absolute atomic E-state index is 12.4. The van der Waals surface area contributed by atoms with Gasteiger partial charge in [0.15, 0.2) is 5.82 Å². The monoisotopic (exact) mass is 392 g/mol. The van der Waals surface area contributed by atoms with E-state index in [2.05, 4.69) is 20.8 Å². The third kappa shape index (κ3) is 5.19. The number of aliphatic carboxylic acids is 1. The van der Waals surface area contributed by atoms with Gasteiger partial charge in [0, 0.05) is 22.9 Å². The van der Waals surface area contributed by atoms with Gasteiger partial charge in [0.2, 0.25) is 0 Å². The summed E-state index contributed by atoms with van der Waals surface area (Å²) in [4.78, 5) is 27.6. The van der Waals surface area contributed by atoms with Crippen LogP contribution in [0.4, 0.5) is 10.5 Å². The maximum Gasteiger partial charge on any atom is 0.319 e. The van der Waals surface area contributed by atoms with Crippen molar-refractivity contribution in [2.45, 2.75) is 51.0 Å². The van der Waals surface area contributed by atoms with E-state index < -0.39 is 17.5 Å². The molecular weight excluding hydrogens is 372 g/mol. The van der Waals surface area contributed by atoms with Gasteiger partial charge in [0.25, 0.3) is 5.89 Å². The van der Waals surface area contributed by atoms with Crippen molar-refractivity contribution in [3.8, 4) is 11.5 Å². The van der Waals surface area contributed by atoms with E-state index in [0.29, 0.717) is 40.3 Å². The summed E-state index contributed by atoms with van der Waals surface area (Å²) in [5.41, 5.74) is 0.308. The molecule has 1 aromatic carbocycles. The highest BCUT2D eigenvalue weighted by atomic mass is 35.5. The number of carboxylic acids is 1. The van der Waals surface area contributed by atoms with Gasteiger partial charge < -0.3 is 20.3 Å². The molecule has 0 unspecified atom stereocenters. The van der Waals surface area contributed by atoms with Crippen molar-refractivity contribution in [3.05, 3.63) is 29.0 Å². The van der Waals surface area contributed by atoms with Crippen LogP contribution >= 0.6 is 11.6 Å². The standard InChI is InChI=1S/C18H21ClN4O4/c1-18(2,8-7-14(24)25)22-17(26)20-13-9-11(19)5-6-12(13)16-21-15(23-27-16)10-3-4-10/h5-6,9-10H,3-4,7-8H2,1-2H3,(H,24,25)(H2,20,22,26). The highest BCUT2D eigenvalue weighted by Crippen LogP contribution is 2.39. The lowest BCUT2D eigenvalue weighted by Gasteiger charge is -2.26. The number of amides is 2. The summed E-state index contributed by atoms with van der Waals surface area (Å²) in [5.74, 6) is 0.425. The molecule has 0 spiro atoms. The van der Waals surface area contributed by atoms with E-state index >= 15 is 0 Å². The molecule has 3 rings (SSSR count). The smallest absolute Gasteiger partial charge is 0.319 e. The zero-order chi connectivity index (χ0) is 19.6. The van der Waals surface area contributed by atoms with Crippen LogP contribution in [-0.2, 0) is 4.79 Å². The van der Waals surface area contributed by atoms with Crippen molar-refractivity contribution in [1.82, 2.24) is 15.5 Å². The van der Waals surface area contributed by atoms with E-state index in [4.69, 9.17) is 21.2 Å². The molecule has 0 atom stereocenters. The summed E-state index contributed by atoms with van der Waals surface area (Å²) in [5, 5.41) is 18.8. The van der Waals surface area contributed by atoms with Crippen molar-refractivity contribution >= 4 is 29.3 Å². The number of urea groups is 1. The predicted molar refractivity (Wildman–Crippen MR) is 99.8 cm³/mol. The second-order valence-corrected chi connectivity index (χ2v) is 7.72. The molecule has 1 aromatic heterocycles. The number of anilines is 1. The van der Waals surface area contributed by atoms with E-state index in [0.717, 1.165) is 12.8 Å². The van der Waals surface area contributed by atoms with Gasteiger partial charge in [-0.05, 0) is 51.3 Å². The van der Waals surface area contributed by atoms with Gasteiger partial charge in [0.05, 0.1) is 11.3 Å². The van der Waals surface area contributed by atoms with Crippen LogP contribution in [0.5, 0.6) is 0 Å². The first-order chi connectivity index (χ1) is 12.7. The second-order valence-electron chi connectivity index (χ2n) is 7.28. The minimum atomic E-state index is -0.912. The fourth-order valence-corrected chi connectivity index (χ4v) is 2.77. The van der Waals surface area contributed by atoms with E-state index in [-0.39, 0.29) is 6.42 Å². The van der Waals surface area contributed by atoms with Crippen molar-refractivity contribution in [2.24, 2.45) is 0 Å². The molecule has 144 valence electrons. The van der Waals surface area contributed by atoms with E-state index in [1.807, 2.05) is 0 Å². The van der Waals surface area contributed by atoms with Gasteiger partial charge in [-0.1, -0.05) is 16.8 Å². The lowest BCUT2D eigenvalue weighted by Crippen LogP contribution is -2.45. The third-order valence-electron chi connectivity index (χ3n) is 4.26. The quantitative estimate of drug-likeness (QED) is 0.654. The Balaban J connectivity index is 1.74. The number of benzene rings is 1. The number of nitrogens with one attached hydrogen (secondary N) is 2. The normalized spacial score (nSPS) is 14.0. The molecule has 3 N–H and O–H groups in total. The molecule has 1 aliphatic carbocycles. The summed E-state index contributed by atoms with van der Waals surface area (Å²) in [6.07, 6.45) is 2.37. The zero-order valence-corrected chi connectivity index (χ0v) is 15.8. The first kappa shape index (κ1) is 19.2. The molecule has 1 aliphatic rings. The number of halogens is 1. The number of hydrogen-bond donors (Lipinski definition) is 3. The predicted octanol–water partition coefficient (Wildman–Crippen LogP) is 4.03. The summed E-state index contributed by atoms with van der Waals surface area (Å²) >= 11 is 6.07. The van der Waals surface area contributed by atoms with Gasteiger partial charge >= 0.3 is 12.0 Å². The van der Waals surface area contributed by atoms with Gasteiger partial charge in [-0.25, -0.2) is 4.79 Å². The largest absolute Gasteiger partial charge is 0.481 e. The number of nitrogens with zero attached hydrogens (tertiary/aromatic N) is 2.